The van der Waals surface area contributed by atoms with E-state index < -0.39 is 5.97 Å². The van der Waals surface area contributed by atoms with Crippen molar-refractivity contribution in [1.29, 1.82) is 0 Å². The van der Waals surface area contributed by atoms with Crippen LogP contribution in [0.25, 0.3) is 22.2 Å². The summed E-state index contributed by atoms with van der Waals surface area (Å²) in [6, 6.07) is 29.2. The molecule has 0 unspecified atom stereocenters. The van der Waals surface area contributed by atoms with Gasteiger partial charge in [0.1, 0.15) is 18.1 Å². The zero-order valence-electron chi connectivity index (χ0n) is 20.1. The fourth-order valence-electron chi connectivity index (χ4n) is 4.23. The number of amides is 1. The fraction of sp³-hybridized carbons (Fsp3) is 0.167. The monoisotopic (exact) mass is 480 g/mol. The molecule has 1 amide bonds. The molecule has 1 N–H and O–H groups in total. The lowest BCUT2D eigenvalue weighted by Gasteiger charge is -2.31. The first kappa shape index (κ1) is 24.7. The number of aromatic nitrogens is 1. The number of aliphatic carboxylic acids is 1. The number of rotatable bonds is 10. The van der Waals surface area contributed by atoms with Crippen LogP contribution in [0.15, 0.2) is 103 Å². The van der Waals surface area contributed by atoms with E-state index in [0.29, 0.717) is 12.2 Å². The number of hydrogen-bond donors (Lipinski definition) is 1. The Morgan fingerprint density at radius 3 is 2.31 bits per heavy atom. The maximum absolute atomic E-state index is 13.0. The van der Waals surface area contributed by atoms with E-state index in [2.05, 4.69) is 0 Å². The van der Waals surface area contributed by atoms with E-state index in [1.54, 1.807) is 4.90 Å². The molecule has 0 aliphatic rings. The van der Waals surface area contributed by atoms with E-state index in [4.69, 9.17) is 14.8 Å². The molecule has 0 spiro atoms. The van der Waals surface area contributed by atoms with Crippen molar-refractivity contribution in [3.8, 4) is 17.0 Å². The van der Waals surface area contributed by atoms with Crippen molar-refractivity contribution in [2.45, 2.75) is 19.4 Å². The largest absolute Gasteiger partial charge is 0.489 e. The number of hydrogen-bond acceptors (Lipinski definition) is 4. The molecule has 0 aliphatic heterocycles. The van der Waals surface area contributed by atoms with Gasteiger partial charge in [0, 0.05) is 23.1 Å². The number of carbonyl (C=O) groups excluding carboxylic acids is 1. The first-order valence-electron chi connectivity index (χ1n) is 11.9. The van der Waals surface area contributed by atoms with E-state index in [0.717, 1.165) is 39.9 Å². The summed E-state index contributed by atoms with van der Waals surface area (Å²) in [5, 5.41) is 9.98. The Morgan fingerprint density at radius 1 is 0.944 bits per heavy atom. The van der Waals surface area contributed by atoms with Gasteiger partial charge in [0.15, 0.2) is 0 Å². The lowest BCUT2D eigenvalue weighted by atomic mass is 10.0. The quantitative estimate of drug-likeness (QED) is 0.286. The van der Waals surface area contributed by atoms with Gasteiger partial charge in [-0.1, -0.05) is 85.8 Å². The molecule has 4 rings (SSSR count). The van der Waals surface area contributed by atoms with E-state index >= 15 is 0 Å². The van der Waals surface area contributed by atoms with Crippen molar-refractivity contribution in [3.63, 3.8) is 0 Å². The number of benzene rings is 3. The number of ether oxygens (including phenoxy) is 1. The third kappa shape index (κ3) is 5.96. The molecule has 0 fully saturated rings. The van der Waals surface area contributed by atoms with Crippen LogP contribution in [0.2, 0.25) is 0 Å². The van der Waals surface area contributed by atoms with Crippen LogP contribution in [-0.4, -0.2) is 40.0 Å². The van der Waals surface area contributed by atoms with Gasteiger partial charge < -0.3 is 14.7 Å². The minimum atomic E-state index is -1.16. The van der Waals surface area contributed by atoms with Gasteiger partial charge in [-0.05, 0) is 24.1 Å². The third-order valence-electron chi connectivity index (χ3n) is 5.92. The van der Waals surface area contributed by atoms with Crippen LogP contribution >= 0.6 is 0 Å². The highest BCUT2D eigenvalue weighted by atomic mass is 16.5. The van der Waals surface area contributed by atoms with Crippen molar-refractivity contribution in [2.24, 2.45) is 0 Å². The molecule has 0 saturated heterocycles. The lowest BCUT2D eigenvalue weighted by molar-refractivity contribution is -0.133. The topological polar surface area (TPSA) is 79.7 Å². The van der Waals surface area contributed by atoms with E-state index in [1.807, 2.05) is 97.9 Å². The van der Waals surface area contributed by atoms with Gasteiger partial charge in [0.25, 0.3) is 0 Å². The zero-order chi connectivity index (χ0) is 25.3. The minimum absolute atomic E-state index is 0.218. The van der Waals surface area contributed by atoms with Crippen LogP contribution in [0.3, 0.4) is 0 Å². The SMILES string of the molecule is CC[C@@H](c1ccccc1)N(CCOc1cc2ccccc2nc1-c1ccccc1)C(=O)C=CC(=O)O. The highest BCUT2D eigenvalue weighted by Crippen LogP contribution is 2.32. The van der Waals surface area contributed by atoms with Gasteiger partial charge in [-0.2, -0.15) is 0 Å². The Bertz CT molecular complexity index is 1350. The molecule has 0 bridgehead atoms. The smallest absolute Gasteiger partial charge is 0.328 e. The Hall–Kier alpha value is -4.45. The number of carboxylic acid groups (broad SMARTS) is 1. The van der Waals surface area contributed by atoms with Gasteiger partial charge in [-0.3, -0.25) is 4.79 Å². The number of pyridine rings is 1. The number of carbonyl (C=O) groups is 2. The molecule has 36 heavy (non-hydrogen) atoms. The Labute approximate surface area is 210 Å². The second-order valence-corrected chi connectivity index (χ2v) is 8.28. The number of nitrogens with zero attached hydrogens (tertiary/aromatic N) is 2. The maximum atomic E-state index is 13.0. The molecule has 0 saturated carbocycles. The van der Waals surface area contributed by atoms with Gasteiger partial charge in [0.2, 0.25) is 5.91 Å². The number of para-hydroxylation sites is 1. The fourth-order valence-corrected chi connectivity index (χ4v) is 4.23. The summed E-state index contributed by atoms with van der Waals surface area (Å²) >= 11 is 0. The summed E-state index contributed by atoms with van der Waals surface area (Å²) in [5.41, 5.74) is 3.52. The predicted molar refractivity (Wildman–Crippen MR) is 141 cm³/mol. The number of fused-ring (bicyclic) bond motifs is 1. The molecule has 1 atom stereocenters. The minimum Gasteiger partial charge on any atom is -0.489 e. The molecular weight excluding hydrogens is 452 g/mol. The first-order valence-corrected chi connectivity index (χ1v) is 11.9. The summed E-state index contributed by atoms with van der Waals surface area (Å²) in [6.45, 7) is 2.49. The van der Waals surface area contributed by atoms with Gasteiger partial charge in [-0.15, -0.1) is 0 Å². The molecule has 182 valence electrons. The van der Waals surface area contributed by atoms with Crippen molar-refractivity contribution in [3.05, 3.63) is 109 Å². The van der Waals surface area contributed by atoms with E-state index in [1.165, 1.54) is 0 Å². The molecule has 6 nitrogen and oxygen atoms in total. The number of carboxylic acids is 1. The third-order valence-corrected chi connectivity index (χ3v) is 5.92. The average Bonchev–Trinajstić information content (AvgIpc) is 2.92. The highest BCUT2D eigenvalue weighted by molar-refractivity contribution is 5.94. The first-order chi connectivity index (χ1) is 17.6. The van der Waals surface area contributed by atoms with Crippen LogP contribution < -0.4 is 4.74 Å². The molecule has 0 aliphatic carbocycles. The summed E-state index contributed by atoms with van der Waals surface area (Å²) in [7, 11) is 0. The molecule has 6 heteroatoms. The van der Waals surface area contributed by atoms with Gasteiger partial charge in [0.05, 0.1) is 18.1 Å². The average molecular weight is 481 g/mol. The standard InChI is InChI=1S/C30H28N2O4/c1-2-26(22-11-5-3-6-12-22)32(28(33)17-18-29(34)35)19-20-36-27-21-24-15-9-10-16-25(24)31-30(27)23-13-7-4-8-14-23/h3-18,21,26H,2,19-20H2,1H3,(H,34,35)/t26-/m0/s1. The Morgan fingerprint density at radius 2 is 1.61 bits per heavy atom. The summed E-state index contributed by atoms with van der Waals surface area (Å²) in [6.07, 6.45) is 2.64. The summed E-state index contributed by atoms with van der Waals surface area (Å²) < 4.78 is 6.24. The van der Waals surface area contributed by atoms with Crippen LogP contribution in [0.4, 0.5) is 0 Å². The predicted octanol–water partition coefficient (Wildman–Crippen LogP) is 5.90. The van der Waals surface area contributed by atoms with Crippen LogP contribution in [0.1, 0.15) is 24.9 Å². The van der Waals surface area contributed by atoms with E-state index in [-0.39, 0.29) is 25.1 Å². The van der Waals surface area contributed by atoms with Crippen LogP contribution in [-0.2, 0) is 9.59 Å². The van der Waals surface area contributed by atoms with Gasteiger partial charge in [-0.25, -0.2) is 9.78 Å². The molecule has 3 aromatic carbocycles. The maximum Gasteiger partial charge on any atom is 0.328 e. The van der Waals surface area contributed by atoms with Crippen molar-refractivity contribution < 1.29 is 19.4 Å². The zero-order valence-corrected chi connectivity index (χ0v) is 20.1. The molecule has 0 radical (unpaired) electrons. The van der Waals surface area contributed by atoms with E-state index in [9.17, 15) is 9.59 Å². The molecule has 4 aromatic rings. The Balaban J connectivity index is 1.61. The summed E-state index contributed by atoms with van der Waals surface area (Å²) in [5.74, 6) is -0.917. The highest BCUT2D eigenvalue weighted by Gasteiger charge is 2.23. The second-order valence-electron chi connectivity index (χ2n) is 8.28. The molecule has 1 heterocycles. The normalized spacial score (nSPS) is 11.9. The summed E-state index contributed by atoms with van der Waals surface area (Å²) in [4.78, 5) is 30.6. The lowest BCUT2D eigenvalue weighted by Crippen LogP contribution is -2.37. The second kappa shape index (κ2) is 11.8. The Kier molecular flexibility index (Phi) is 8.08. The van der Waals surface area contributed by atoms with Crippen molar-refractivity contribution >= 4 is 22.8 Å². The van der Waals surface area contributed by atoms with Crippen LogP contribution in [0, 0.1) is 0 Å². The van der Waals surface area contributed by atoms with Gasteiger partial charge >= 0.3 is 5.97 Å². The molecular formula is C30H28N2O4. The molecule has 1 aromatic heterocycles. The van der Waals surface area contributed by atoms with Crippen molar-refractivity contribution in [1.82, 2.24) is 9.88 Å². The van der Waals surface area contributed by atoms with Crippen LogP contribution in [0.5, 0.6) is 5.75 Å². The van der Waals surface area contributed by atoms with Crippen molar-refractivity contribution in [2.75, 3.05) is 13.2 Å².